The van der Waals surface area contributed by atoms with Gasteiger partial charge in [0.05, 0.1) is 11.0 Å². The van der Waals surface area contributed by atoms with Crippen LogP contribution >= 0.6 is 0 Å². The number of ether oxygens (including phenoxy) is 1. The maximum absolute atomic E-state index is 11.9. The van der Waals surface area contributed by atoms with Crippen molar-refractivity contribution in [2.75, 3.05) is 12.8 Å². The Labute approximate surface area is 101 Å². The van der Waals surface area contributed by atoms with Gasteiger partial charge in [0, 0.05) is 18.8 Å². The maximum Gasteiger partial charge on any atom is 0.240 e. The first kappa shape index (κ1) is 12.3. The van der Waals surface area contributed by atoms with Crippen LogP contribution in [0.2, 0.25) is 0 Å². The highest BCUT2D eigenvalue weighted by Crippen LogP contribution is 2.24. The SMILES string of the molecule is COC1CC(NS(=O)(=O)c2ccc(N)cc2)C1. The zero-order chi connectivity index (χ0) is 12.5. The highest BCUT2D eigenvalue weighted by atomic mass is 32.2. The molecule has 2 rings (SSSR count). The minimum atomic E-state index is -3.43. The predicted molar refractivity (Wildman–Crippen MR) is 65.0 cm³/mol. The van der Waals surface area contributed by atoms with Crippen molar-refractivity contribution in [2.24, 2.45) is 0 Å². The van der Waals surface area contributed by atoms with E-state index in [1.54, 1.807) is 19.2 Å². The predicted octanol–water partition coefficient (Wildman–Crippen LogP) is 0.724. The van der Waals surface area contributed by atoms with Gasteiger partial charge in [0.1, 0.15) is 0 Å². The van der Waals surface area contributed by atoms with Crippen LogP contribution in [0.1, 0.15) is 12.8 Å². The van der Waals surface area contributed by atoms with E-state index in [1.165, 1.54) is 12.1 Å². The zero-order valence-electron chi connectivity index (χ0n) is 9.59. The molecule has 6 heteroatoms. The van der Waals surface area contributed by atoms with E-state index in [4.69, 9.17) is 10.5 Å². The van der Waals surface area contributed by atoms with Crippen molar-refractivity contribution in [3.05, 3.63) is 24.3 Å². The Kier molecular flexibility index (Phi) is 3.37. The molecule has 1 aliphatic carbocycles. The highest BCUT2D eigenvalue weighted by Gasteiger charge is 2.32. The third-order valence-electron chi connectivity index (χ3n) is 2.94. The molecule has 0 heterocycles. The summed E-state index contributed by atoms with van der Waals surface area (Å²) in [6, 6.07) is 6.14. The van der Waals surface area contributed by atoms with Gasteiger partial charge in [0.25, 0.3) is 0 Å². The van der Waals surface area contributed by atoms with Crippen molar-refractivity contribution in [3.8, 4) is 0 Å². The first-order valence-electron chi connectivity index (χ1n) is 5.42. The van der Waals surface area contributed by atoms with Crippen LogP contribution in [0.3, 0.4) is 0 Å². The Morgan fingerprint density at radius 1 is 1.29 bits per heavy atom. The minimum absolute atomic E-state index is 0.0255. The van der Waals surface area contributed by atoms with Gasteiger partial charge in [-0.1, -0.05) is 0 Å². The average molecular weight is 256 g/mol. The number of rotatable bonds is 4. The van der Waals surface area contributed by atoms with Gasteiger partial charge in [0.2, 0.25) is 10.0 Å². The maximum atomic E-state index is 11.9. The van der Waals surface area contributed by atoms with Crippen molar-refractivity contribution >= 4 is 15.7 Å². The lowest BCUT2D eigenvalue weighted by Gasteiger charge is -2.34. The minimum Gasteiger partial charge on any atom is -0.399 e. The lowest BCUT2D eigenvalue weighted by molar-refractivity contribution is 0.0236. The van der Waals surface area contributed by atoms with Crippen LogP contribution in [0.5, 0.6) is 0 Å². The molecule has 0 atom stereocenters. The Bertz CT molecular complexity index is 478. The monoisotopic (exact) mass is 256 g/mol. The first-order valence-corrected chi connectivity index (χ1v) is 6.90. The first-order chi connectivity index (χ1) is 8.01. The molecule has 0 aromatic heterocycles. The zero-order valence-corrected chi connectivity index (χ0v) is 10.4. The van der Waals surface area contributed by atoms with Gasteiger partial charge in [-0.25, -0.2) is 13.1 Å². The van der Waals surface area contributed by atoms with Gasteiger partial charge in [-0.05, 0) is 37.1 Å². The third kappa shape index (κ3) is 2.77. The van der Waals surface area contributed by atoms with Crippen LogP contribution in [-0.2, 0) is 14.8 Å². The fraction of sp³-hybridized carbons (Fsp3) is 0.455. The second-order valence-corrected chi connectivity index (χ2v) is 5.93. The summed E-state index contributed by atoms with van der Waals surface area (Å²) in [5.74, 6) is 0. The fourth-order valence-electron chi connectivity index (χ4n) is 1.79. The molecule has 1 aliphatic rings. The van der Waals surface area contributed by atoms with E-state index in [9.17, 15) is 8.42 Å². The summed E-state index contributed by atoms with van der Waals surface area (Å²) in [6.45, 7) is 0. The number of nitrogens with two attached hydrogens (primary N) is 1. The number of sulfonamides is 1. The van der Waals surface area contributed by atoms with Crippen LogP contribution in [0, 0.1) is 0 Å². The number of benzene rings is 1. The number of nitrogens with one attached hydrogen (secondary N) is 1. The molecule has 17 heavy (non-hydrogen) atoms. The molecule has 5 nitrogen and oxygen atoms in total. The smallest absolute Gasteiger partial charge is 0.240 e. The van der Waals surface area contributed by atoms with Gasteiger partial charge < -0.3 is 10.5 Å². The van der Waals surface area contributed by atoms with Crippen molar-refractivity contribution in [1.29, 1.82) is 0 Å². The molecular weight excluding hydrogens is 240 g/mol. The molecule has 0 unspecified atom stereocenters. The van der Waals surface area contributed by atoms with E-state index >= 15 is 0 Å². The van der Waals surface area contributed by atoms with Gasteiger partial charge >= 0.3 is 0 Å². The molecule has 1 fully saturated rings. The summed E-state index contributed by atoms with van der Waals surface area (Å²) in [5.41, 5.74) is 6.06. The number of anilines is 1. The van der Waals surface area contributed by atoms with Gasteiger partial charge in [0.15, 0.2) is 0 Å². The van der Waals surface area contributed by atoms with Gasteiger partial charge in [-0.3, -0.25) is 0 Å². The summed E-state index contributed by atoms with van der Waals surface area (Å²) in [7, 11) is -1.80. The largest absolute Gasteiger partial charge is 0.399 e. The van der Waals surface area contributed by atoms with Crippen LogP contribution < -0.4 is 10.5 Å². The molecule has 94 valence electrons. The molecule has 0 radical (unpaired) electrons. The number of hydrogen-bond donors (Lipinski definition) is 2. The Hall–Kier alpha value is -1.11. The summed E-state index contributed by atoms with van der Waals surface area (Å²) < 4.78 is 31.6. The molecule has 0 saturated heterocycles. The quantitative estimate of drug-likeness (QED) is 0.778. The summed E-state index contributed by atoms with van der Waals surface area (Å²) in [5, 5.41) is 0. The summed E-state index contributed by atoms with van der Waals surface area (Å²) in [4.78, 5) is 0.243. The molecule has 1 aromatic carbocycles. The summed E-state index contributed by atoms with van der Waals surface area (Å²) >= 11 is 0. The summed E-state index contributed by atoms with van der Waals surface area (Å²) in [6.07, 6.45) is 1.63. The van der Waals surface area contributed by atoms with E-state index in [-0.39, 0.29) is 17.0 Å². The lowest BCUT2D eigenvalue weighted by Crippen LogP contribution is -2.47. The number of nitrogen functional groups attached to an aromatic ring is 1. The van der Waals surface area contributed by atoms with Crippen LogP contribution in [-0.4, -0.2) is 27.7 Å². The third-order valence-corrected chi connectivity index (χ3v) is 4.48. The van der Waals surface area contributed by atoms with Crippen LogP contribution in [0.25, 0.3) is 0 Å². The van der Waals surface area contributed by atoms with Crippen molar-refractivity contribution in [3.63, 3.8) is 0 Å². The average Bonchev–Trinajstić information content (AvgIpc) is 2.23. The van der Waals surface area contributed by atoms with E-state index in [2.05, 4.69) is 4.72 Å². The molecular formula is C11H16N2O3S. The second kappa shape index (κ2) is 4.64. The standard InChI is InChI=1S/C11H16N2O3S/c1-16-10-6-9(7-10)13-17(14,15)11-4-2-8(12)3-5-11/h2-5,9-10,13H,6-7,12H2,1H3. The molecule has 1 aromatic rings. The van der Waals surface area contributed by atoms with Crippen molar-refractivity contribution in [1.82, 2.24) is 4.72 Å². The van der Waals surface area contributed by atoms with E-state index < -0.39 is 10.0 Å². The molecule has 0 spiro atoms. The number of hydrogen-bond acceptors (Lipinski definition) is 4. The van der Waals surface area contributed by atoms with Gasteiger partial charge in [-0.15, -0.1) is 0 Å². The Balaban J connectivity index is 2.02. The van der Waals surface area contributed by atoms with E-state index in [0.29, 0.717) is 5.69 Å². The second-order valence-electron chi connectivity index (χ2n) is 4.22. The van der Waals surface area contributed by atoms with Crippen LogP contribution in [0.4, 0.5) is 5.69 Å². The molecule has 0 bridgehead atoms. The lowest BCUT2D eigenvalue weighted by atomic mass is 9.90. The Morgan fingerprint density at radius 2 is 1.88 bits per heavy atom. The molecule has 0 amide bonds. The fourth-order valence-corrected chi connectivity index (χ4v) is 3.05. The van der Waals surface area contributed by atoms with Crippen LogP contribution in [0.15, 0.2) is 29.2 Å². The molecule has 0 aliphatic heterocycles. The normalized spacial score (nSPS) is 24.3. The number of methoxy groups -OCH3 is 1. The highest BCUT2D eigenvalue weighted by molar-refractivity contribution is 7.89. The van der Waals surface area contributed by atoms with E-state index in [0.717, 1.165) is 12.8 Å². The van der Waals surface area contributed by atoms with Crippen molar-refractivity contribution < 1.29 is 13.2 Å². The molecule has 3 N–H and O–H groups in total. The topological polar surface area (TPSA) is 81.4 Å². The van der Waals surface area contributed by atoms with Crippen molar-refractivity contribution in [2.45, 2.75) is 29.9 Å². The Morgan fingerprint density at radius 3 is 2.41 bits per heavy atom. The molecule has 1 saturated carbocycles. The van der Waals surface area contributed by atoms with E-state index in [1.807, 2.05) is 0 Å². The van der Waals surface area contributed by atoms with Gasteiger partial charge in [-0.2, -0.15) is 0 Å².